The predicted octanol–water partition coefficient (Wildman–Crippen LogP) is 2.96. The second-order valence-electron chi connectivity index (χ2n) is 4.68. The summed E-state index contributed by atoms with van der Waals surface area (Å²) in [6.07, 6.45) is 2.53. The fourth-order valence-electron chi connectivity index (χ4n) is 2.43. The highest BCUT2D eigenvalue weighted by Crippen LogP contribution is 2.29. The van der Waals surface area contributed by atoms with E-state index < -0.39 is 17.7 Å². The van der Waals surface area contributed by atoms with Crippen LogP contribution in [0.1, 0.15) is 36.7 Å². The molecule has 2 aromatic rings. The number of nitrogens with one attached hydrogen (secondary N) is 1. The zero-order valence-electron chi connectivity index (χ0n) is 12.0. The van der Waals surface area contributed by atoms with Crippen LogP contribution in [0.25, 0.3) is 0 Å². The average Bonchev–Trinajstić information content (AvgIpc) is 2.78. The van der Waals surface area contributed by atoms with Gasteiger partial charge in [0, 0.05) is 24.4 Å². The molecule has 0 aliphatic rings. The van der Waals surface area contributed by atoms with Gasteiger partial charge in [-0.1, -0.05) is 19.9 Å². The normalized spacial score (nSPS) is 12.7. The van der Waals surface area contributed by atoms with Crippen molar-refractivity contribution in [2.45, 2.75) is 26.3 Å². The van der Waals surface area contributed by atoms with Gasteiger partial charge in [-0.2, -0.15) is 5.10 Å². The number of halogens is 2. The second kappa shape index (κ2) is 6.13. The Hall–Kier alpha value is -1.75. The fourth-order valence-corrected chi connectivity index (χ4v) is 2.43. The highest BCUT2D eigenvalue weighted by molar-refractivity contribution is 5.35. The van der Waals surface area contributed by atoms with E-state index in [2.05, 4.69) is 10.4 Å². The lowest BCUT2D eigenvalue weighted by Crippen LogP contribution is -2.24. The lowest BCUT2D eigenvalue weighted by molar-refractivity contribution is 0.509. The number of hydrogen-bond donors (Lipinski definition) is 1. The van der Waals surface area contributed by atoms with Crippen molar-refractivity contribution < 1.29 is 8.78 Å². The molecule has 2 rings (SSSR count). The number of aromatic nitrogens is 2. The van der Waals surface area contributed by atoms with Gasteiger partial charge in [-0.3, -0.25) is 4.68 Å². The molecule has 1 unspecified atom stereocenters. The van der Waals surface area contributed by atoms with E-state index in [-0.39, 0.29) is 5.56 Å². The van der Waals surface area contributed by atoms with E-state index >= 15 is 0 Å². The van der Waals surface area contributed by atoms with Crippen LogP contribution in [0.15, 0.2) is 24.4 Å². The highest BCUT2D eigenvalue weighted by atomic mass is 19.1. The summed E-state index contributed by atoms with van der Waals surface area (Å²) in [6.45, 7) is 4.50. The van der Waals surface area contributed by atoms with Gasteiger partial charge in [0.2, 0.25) is 0 Å². The standard InChI is InChI=1S/C15H19F2N3/c1-4-13-10(9-20(3)19-13)15(18-5-2)14-11(16)7-6-8-12(14)17/h6-9,15,18H,4-5H2,1-3H3. The van der Waals surface area contributed by atoms with Crippen molar-refractivity contribution in [2.75, 3.05) is 6.54 Å². The molecular weight excluding hydrogens is 260 g/mol. The second-order valence-corrected chi connectivity index (χ2v) is 4.68. The highest BCUT2D eigenvalue weighted by Gasteiger charge is 2.24. The van der Waals surface area contributed by atoms with E-state index in [0.29, 0.717) is 13.0 Å². The van der Waals surface area contributed by atoms with Gasteiger partial charge in [-0.15, -0.1) is 0 Å². The Morgan fingerprint density at radius 1 is 1.25 bits per heavy atom. The summed E-state index contributed by atoms with van der Waals surface area (Å²) in [5.41, 5.74) is 1.72. The van der Waals surface area contributed by atoms with Crippen molar-refractivity contribution in [3.63, 3.8) is 0 Å². The molecular formula is C15H19F2N3. The van der Waals surface area contributed by atoms with Gasteiger partial charge in [0.25, 0.3) is 0 Å². The van der Waals surface area contributed by atoms with Crippen LogP contribution in [0.2, 0.25) is 0 Å². The molecule has 0 saturated carbocycles. The zero-order chi connectivity index (χ0) is 14.7. The largest absolute Gasteiger partial charge is 0.306 e. The monoisotopic (exact) mass is 279 g/mol. The molecule has 0 aliphatic carbocycles. The Bertz CT molecular complexity index is 573. The summed E-state index contributed by atoms with van der Waals surface area (Å²) < 4.78 is 29.8. The molecule has 0 aliphatic heterocycles. The first kappa shape index (κ1) is 14.7. The molecule has 1 atom stereocenters. The van der Waals surface area contributed by atoms with E-state index in [0.717, 1.165) is 11.3 Å². The zero-order valence-corrected chi connectivity index (χ0v) is 12.0. The Morgan fingerprint density at radius 3 is 2.45 bits per heavy atom. The van der Waals surface area contributed by atoms with Crippen molar-refractivity contribution in [1.29, 1.82) is 0 Å². The van der Waals surface area contributed by atoms with Crippen LogP contribution in [-0.4, -0.2) is 16.3 Å². The van der Waals surface area contributed by atoms with E-state index in [9.17, 15) is 8.78 Å². The number of nitrogens with zero attached hydrogens (tertiary/aromatic N) is 2. The molecule has 1 N–H and O–H groups in total. The van der Waals surface area contributed by atoms with Crippen molar-refractivity contribution >= 4 is 0 Å². The maximum absolute atomic E-state index is 14.0. The smallest absolute Gasteiger partial charge is 0.131 e. The van der Waals surface area contributed by atoms with Gasteiger partial charge in [0.05, 0.1) is 11.7 Å². The number of hydrogen-bond acceptors (Lipinski definition) is 2. The van der Waals surface area contributed by atoms with Gasteiger partial charge >= 0.3 is 0 Å². The Morgan fingerprint density at radius 2 is 1.90 bits per heavy atom. The molecule has 0 bridgehead atoms. The maximum Gasteiger partial charge on any atom is 0.131 e. The summed E-state index contributed by atoms with van der Waals surface area (Å²) in [4.78, 5) is 0. The minimum Gasteiger partial charge on any atom is -0.306 e. The summed E-state index contributed by atoms with van der Waals surface area (Å²) in [5.74, 6) is -1.08. The summed E-state index contributed by atoms with van der Waals surface area (Å²) in [6, 6.07) is 3.42. The maximum atomic E-state index is 14.0. The van der Waals surface area contributed by atoms with Crippen LogP contribution in [0.4, 0.5) is 8.78 Å². The molecule has 1 heterocycles. The fraction of sp³-hybridized carbons (Fsp3) is 0.400. The lowest BCUT2D eigenvalue weighted by Gasteiger charge is -2.19. The summed E-state index contributed by atoms with van der Waals surface area (Å²) in [7, 11) is 1.81. The number of benzene rings is 1. The van der Waals surface area contributed by atoms with Crippen molar-refractivity contribution in [3.8, 4) is 0 Å². The van der Waals surface area contributed by atoms with Crippen molar-refractivity contribution in [1.82, 2.24) is 15.1 Å². The number of aryl methyl sites for hydroxylation is 2. The molecule has 0 fully saturated rings. The van der Waals surface area contributed by atoms with Crippen molar-refractivity contribution in [3.05, 3.63) is 52.9 Å². The van der Waals surface area contributed by atoms with E-state index in [4.69, 9.17) is 0 Å². The third-order valence-electron chi connectivity index (χ3n) is 3.28. The van der Waals surface area contributed by atoms with Crippen LogP contribution in [-0.2, 0) is 13.5 Å². The summed E-state index contributed by atoms with van der Waals surface area (Å²) in [5, 5.41) is 7.50. The molecule has 0 amide bonds. The minimum absolute atomic E-state index is 0.0528. The molecule has 1 aromatic heterocycles. The first-order chi connectivity index (χ1) is 9.58. The molecule has 0 radical (unpaired) electrons. The van der Waals surface area contributed by atoms with Gasteiger partial charge in [0.15, 0.2) is 0 Å². The van der Waals surface area contributed by atoms with E-state index in [1.165, 1.54) is 18.2 Å². The molecule has 3 nitrogen and oxygen atoms in total. The minimum atomic E-state index is -0.540. The SMILES string of the molecule is CCNC(c1cn(C)nc1CC)c1c(F)cccc1F. The third-order valence-corrected chi connectivity index (χ3v) is 3.28. The molecule has 0 spiro atoms. The predicted molar refractivity (Wildman–Crippen MR) is 74.5 cm³/mol. The Kier molecular flexibility index (Phi) is 4.49. The van der Waals surface area contributed by atoms with Crippen LogP contribution in [0.3, 0.4) is 0 Å². The average molecular weight is 279 g/mol. The quantitative estimate of drug-likeness (QED) is 0.912. The topological polar surface area (TPSA) is 29.9 Å². The van der Waals surface area contributed by atoms with Crippen LogP contribution >= 0.6 is 0 Å². The van der Waals surface area contributed by atoms with Gasteiger partial charge in [-0.25, -0.2) is 8.78 Å². The molecule has 1 aromatic carbocycles. The third kappa shape index (κ3) is 2.72. The van der Waals surface area contributed by atoms with Crippen LogP contribution in [0.5, 0.6) is 0 Å². The first-order valence-electron chi connectivity index (χ1n) is 6.78. The molecule has 108 valence electrons. The first-order valence-corrected chi connectivity index (χ1v) is 6.78. The molecule has 0 saturated heterocycles. The Labute approximate surface area is 117 Å². The van der Waals surface area contributed by atoms with E-state index in [1.807, 2.05) is 27.1 Å². The van der Waals surface area contributed by atoms with Gasteiger partial charge in [-0.05, 0) is 25.1 Å². The number of rotatable bonds is 5. The lowest BCUT2D eigenvalue weighted by atomic mass is 9.97. The van der Waals surface area contributed by atoms with Crippen molar-refractivity contribution in [2.24, 2.45) is 7.05 Å². The Balaban J connectivity index is 2.56. The van der Waals surface area contributed by atoms with E-state index in [1.54, 1.807) is 4.68 Å². The van der Waals surface area contributed by atoms with Gasteiger partial charge in [0.1, 0.15) is 11.6 Å². The molecule has 20 heavy (non-hydrogen) atoms. The summed E-state index contributed by atoms with van der Waals surface area (Å²) >= 11 is 0. The van der Waals surface area contributed by atoms with Crippen LogP contribution < -0.4 is 5.32 Å². The molecule has 5 heteroatoms. The van der Waals surface area contributed by atoms with Gasteiger partial charge < -0.3 is 5.32 Å². The van der Waals surface area contributed by atoms with Crippen LogP contribution in [0, 0.1) is 11.6 Å².